The molecule has 0 atom stereocenters. The van der Waals surface area contributed by atoms with Crippen LogP contribution in [0.4, 0.5) is 17.1 Å². The number of nitro benzene ring substituents is 1. The van der Waals surface area contributed by atoms with Crippen molar-refractivity contribution >= 4 is 46.2 Å². The lowest BCUT2D eigenvalue weighted by Crippen LogP contribution is -2.40. The van der Waals surface area contributed by atoms with Crippen LogP contribution in [0.25, 0.3) is 0 Å². The average molecular weight is 444 g/mol. The predicted octanol–water partition coefficient (Wildman–Crippen LogP) is 6.76. The third-order valence-corrected chi connectivity index (χ3v) is 6.86. The Morgan fingerprint density at radius 2 is 1.80 bits per heavy atom. The lowest BCUT2D eigenvalue weighted by molar-refractivity contribution is -0.384. The number of fused-ring (bicyclic) bond motifs is 1. The largest absolute Gasteiger partial charge is 0.332 e. The zero-order chi connectivity index (χ0) is 22.3. The van der Waals surface area contributed by atoms with Gasteiger partial charge in [-0.1, -0.05) is 27.7 Å². The number of thioether (sulfide) groups is 1. The quantitative estimate of drug-likeness (QED) is 0.320. The first-order valence-corrected chi connectivity index (χ1v) is 11.3. The first-order chi connectivity index (χ1) is 13.9. The van der Waals surface area contributed by atoms with Gasteiger partial charge in [0.05, 0.1) is 4.92 Å². The highest BCUT2D eigenvalue weighted by Gasteiger charge is 2.38. The summed E-state index contributed by atoms with van der Waals surface area (Å²) >= 11 is 7.66. The van der Waals surface area contributed by atoms with E-state index in [1.807, 2.05) is 11.8 Å². The topological polar surface area (TPSA) is 58.4 Å². The molecule has 0 amide bonds. The molecular formula is C23H29N3O2S2. The molecular weight excluding hydrogens is 414 g/mol. The van der Waals surface area contributed by atoms with Crippen molar-refractivity contribution in [3.63, 3.8) is 0 Å². The lowest BCUT2D eigenvalue weighted by atomic mass is 9.77. The summed E-state index contributed by atoms with van der Waals surface area (Å²) < 4.78 is 0.211. The molecule has 0 bridgehead atoms. The van der Waals surface area contributed by atoms with Gasteiger partial charge in [-0.3, -0.25) is 10.1 Å². The Balaban J connectivity index is 1.90. The molecule has 0 radical (unpaired) electrons. The van der Waals surface area contributed by atoms with Gasteiger partial charge in [0.25, 0.3) is 5.69 Å². The van der Waals surface area contributed by atoms with E-state index >= 15 is 0 Å². The highest BCUT2D eigenvalue weighted by Crippen LogP contribution is 2.51. The molecule has 1 heterocycles. The molecule has 0 unspecified atom stereocenters. The Labute approximate surface area is 188 Å². The summed E-state index contributed by atoms with van der Waals surface area (Å²) in [7, 11) is 0. The van der Waals surface area contributed by atoms with E-state index < -0.39 is 4.92 Å². The number of nitrogens with zero attached hydrogens (tertiary/aromatic N) is 2. The van der Waals surface area contributed by atoms with Gasteiger partial charge in [0, 0.05) is 39.2 Å². The predicted molar refractivity (Wildman–Crippen MR) is 131 cm³/mol. The number of hydrogen-bond acceptors (Lipinski definition) is 4. The summed E-state index contributed by atoms with van der Waals surface area (Å²) in [5.41, 5.74) is 3.27. The summed E-state index contributed by atoms with van der Waals surface area (Å²) in [5, 5.41) is 14.7. The summed E-state index contributed by atoms with van der Waals surface area (Å²) in [6.45, 7) is 13.4. The van der Waals surface area contributed by atoms with Crippen LogP contribution >= 0.6 is 24.0 Å². The first-order valence-electron chi connectivity index (χ1n) is 10.1. The van der Waals surface area contributed by atoms with Gasteiger partial charge in [0.1, 0.15) is 0 Å². The number of anilines is 2. The van der Waals surface area contributed by atoms with E-state index in [-0.39, 0.29) is 21.9 Å². The van der Waals surface area contributed by atoms with Crippen LogP contribution in [-0.2, 0) is 5.41 Å². The summed E-state index contributed by atoms with van der Waals surface area (Å²) in [4.78, 5) is 13.9. The third-order valence-electron chi connectivity index (χ3n) is 5.29. The lowest BCUT2D eigenvalue weighted by Gasteiger charge is -2.42. The van der Waals surface area contributed by atoms with E-state index in [9.17, 15) is 10.1 Å². The summed E-state index contributed by atoms with van der Waals surface area (Å²) in [5.74, 6) is 0. The fourth-order valence-electron chi connectivity index (χ4n) is 4.28. The average Bonchev–Trinajstić information content (AvgIpc) is 2.61. The molecule has 7 heteroatoms. The number of thiocarbonyl (C=S) groups is 1. The standard InChI is InChI=1S/C23H29N3O2S2/c1-15(2)25(21(29)24-16-7-9-17(10-8-16)26(27)28)18-11-12-20-19(13-18)22(3,4)14-23(5,6)30-20/h7-13,15H,14H2,1-6H3,(H,24,29). The van der Waals surface area contributed by atoms with Crippen LogP contribution < -0.4 is 10.2 Å². The molecule has 1 aliphatic rings. The van der Waals surface area contributed by atoms with E-state index in [1.165, 1.54) is 22.6 Å². The molecule has 30 heavy (non-hydrogen) atoms. The number of rotatable bonds is 4. The van der Waals surface area contributed by atoms with Crippen molar-refractivity contribution < 1.29 is 4.92 Å². The van der Waals surface area contributed by atoms with Crippen LogP contribution in [0, 0.1) is 10.1 Å². The minimum Gasteiger partial charge on any atom is -0.332 e. The van der Waals surface area contributed by atoms with Crippen LogP contribution in [0.5, 0.6) is 0 Å². The second-order valence-electron chi connectivity index (χ2n) is 9.30. The van der Waals surface area contributed by atoms with Crippen molar-refractivity contribution in [1.82, 2.24) is 0 Å². The Morgan fingerprint density at radius 1 is 1.17 bits per heavy atom. The van der Waals surface area contributed by atoms with Crippen molar-refractivity contribution in [1.29, 1.82) is 0 Å². The molecule has 5 nitrogen and oxygen atoms in total. The molecule has 2 aromatic rings. The van der Waals surface area contributed by atoms with Gasteiger partial charge in [0.2, 0.25) is 0 Å². The van der Waals surface area contributed by atoms with Crippen LogP contribution in [-0.4, -0.2) is 20.8 Å². The second-order valence-corrected chi connectivity index (χ2v) is 11.4. The van der Waals surface area contributed by atoms with E-state index in [2.05, 4.69) is 70.0 Å². The summed E-state index contributed by atoms with van der Waals surface area (Å²) in [6, 6.07) is 13.1. The fourth-order valence-corrected chi connectivity index (χ4v) is 6.32. The first kappa shape index (κ1) is 22.6. The van der Waals surface area contributed by atoms with Gasteiger partial charge in [-0.15, -0.1) is 11.8 Å². The van der Waals surface area contributed by atoms with Crippen LogP contribution in [0.2, 0.25) is 0 Å². The fraction of sp³-hybridized carbons (Fsp3) is 0.435. The van der Waals surface area contributed by atoms with Crippen LogP contribution in [0.1, 0.15) is 53.5 Å². The zero-order valence-corrected chi connectivity index (χ0v) is 20.0. The Morgan fingerprint density at radius 3 is 2.37 bits per heavy atom. The second kappa shape index (κ2) is 8.19. The molecule has 0 spiro atoms. The van der Waals surface area contributed by atoms with Crippen molar-refractivity contribution in [3.8, 4) is 0 Å². The maximum absolute atomic E-state index is 10.9. The Hall–Kier alpha value is -2.12. The molecule has 160 valence electrons. The van der Waals surface area contributed by atoms with Gasteiger partial charge >= 0.3 is 0 Å². The number of hydrogen-bond donors (Lipinski definition) is 1. The van der Waals surface area contributed by atoms with Crippen molar-refractivity contribution in [2.24, 2.45) is 0 Å². The Bertz CT molecular complexity index is 969. The number of nitrogens with one attached hydrogen (secondary N) is 1. The molecule has 3 rings (SSSR count). The monoisotopic (exact) mass is 443 g/mol. The maximum atomic E-state index is 10.9. The SMILES string of the molecule is CC(C)N(C(=S)Nc1ccc([N+](=O)[O-])cc1)c1ccc2c(c1)C(C)(C)CC(C)(C)S2. The van der Waals surface area contributed by atoms with Crippen LogP contribution in [0.15, 0.2) is 47.4 Å². The van der Waals surface area contributed by atoms with Gasteiger partial charge in [0.15, 0.2) is 5.11 Å². The van der Waals surface area contributed by atoms with Crippen molar-refractivity contribution in [2.75, 3.05) is 10.2 Å². The van der Waals surface area contributed by atoms with Crippen molar-refractivity contribution in [2.45, 2.75) is 69.1 Å². The molecule has 0 aliphatic carbocycles. The molecule has 0 fully saturated rings. The molecule has 2 aromatic carbocycles. The molecule has 0 saturated carbocycles. The minimum absolute atomic E-state index is 0.0597. The maximum Gasteiger partial charge on any atom is 0.269 e. The molecule has 1 N–H and O–H groups in total. The van der Waals surface area contributed by atoms with E-state index in [0.717, 1.165) is 17.8 Å². The number of non-ortho nitro benzene ring substituents is 1. The normalized spacial score (nSPS) is 16.6. The van der Waals surface area contributed by atoms with Gasteiger partial charge < -0.3 is 10.2 Å². The number of benzene rings is 2. The van der Waals surface area contributed by atoms with E-state index in [4.69, 9.17) is 12.2 Å². The van der Waals surface area contributed by atoms with E-state index in [1.54, 1.807) is 12.1 Å². The van der Waals surface area contributed by atoms with Crippen molar-refractivity contribution in [3.05, 3.63) is 58.1 Å². The molecule has 1 aliphatic heterocycles. The highest BCUT2D eigenvalue weighted by molar-refractivity contribution is 8.00. The van der Waals surface area contributed by atoms with Gasteiger partial charge in [-0.05, 0) is 73.8 Å². The Kier molecular flexibility index (Phi) is 6.16. The molecule has 0 saturated heterocycles. The molecule has 0 aromatic heterocycles. The third kappa shape index (κ3) is 4.78. The van der Waals surface area contributed by atoms with E-state index in [0.29, 0.717) is 5.11 Å². The highest BCUT2D eigenvalue weighted by atomic mass is 32.2. The number of nitro groups is 1. The van der Waals surface area contributed by atoms with Gasteiger partial charge in [-0.2, -0.15) is 0 Å². The van der Waals surface area contributed by atoms with Crippen LogP contribution in [0.3, 0.4) is 0 Å². The zero-order valence-electron chi connectivity index (χ0n) is 18.4. The smallest absolute Gasteiger partial charge is 0.269 e. The minimum atomic E-state index is -0.406. The van der Waals surface area contributed by atoms with Gasteiger partial charge in [-0.25, -0.2) is 0 Å². The summed E-state index contributed by atoms with van der Waals surface area (Å²) in [6.07, 6.45) is 1.11.